The normalized spacial score (nSPS) is 15.2. The zero-order chi connectivity index (χ0) is 11.3. The molecule has 3 heteroatoms. The minimum Gasteiger partial charge on any atom is -0.468 e. The van der Waals surface area contributed by atoms with E-state index in [-0.39, 0.29) is 0 Å². The Morgan fingerprint density at radius 2 is 2.20 bits per heavy atom. The predicted molar refractivity (Wildman–Crippen MR) is 67.3 cm³/mol. The maximum atomic E-state index is 5.41. The van der Waals surface area contributed by atoms with Crippen molar-refractivity contribution in [3.8, 4) is 0 Å². The molecule has 1 aromatic rings. The highest BCUT2D eigenvalue weighted by molar-refractivity contribution is 7.99. The topological polar surface area (TPSA) is 25.2 Å². The smallest absolute Gasteiger partial charge is 0.116 e. The second-order valence-corrected chi connectivity index (χ2v) is 5.50. The number of furan rings is 1. The molecule has 0 saturated carbocycles. The highest BCUT2D eigenvalue weighted by atomic mass is 32.2. The second kappa shape index (κ2) is 6.23. The van der Waals surface area contributed by atoms with Gasteiger partial charge in [0, 0.05) is 11.3 Å². The Morgan fingerprint density at radius 1 is 1.47 bits per heavy atom. The summed E-state index contributed by atoms with van der Waals surface area (Å²) in [5, 5.41) is 3.93. The zero-order valence-electron chi connectivity index (χ0n) is 10.0. The molecule has 0 aromatic carbocycles. The molecule has 1 N–H and O–H groups in total. The Labute approximate surface area is 96.8 Å². The molecule has 86 valence electrons. The van der Waals surface area contributed by atoms with E-state index >= 15 is 0 Å². The Balaban J connectivity index is 2.28. The minimum atomic E-state index is 0.588. The summed E-state index contributed by atoms with van der Waals surface area (Å²) in [5.74, 6) is 2.10. The van der Waals surface area contributed by atoms with E-state index in [1.54, 1.807) is 6.26 Å². The van der Waals surface area contributed by atoms with Crippen LogP contribution in [-0.2, 0) is 5.75 Å². The van der Waals surface area contributed by atoms with Gasteiger partial charge in [0.25, 0.3) is 0 Å². The predicted octanol–water partition coefficient (Wildman–Crippen LogP) is 3.21. The van der Waals surface area contributed by atoms with Gasteiger partial charge in [0.05, 0.1) is 12.0 Å². The maximum absolute atomic E-state index is 5.41. The van der Waals surface area contributed by atoms with Crippen LogP contribution < -0.4 is 5.32 Å². The molecule has 0 aliphatic heterocycles. The molecule has 0 amide bonds. The molecular formula is C12H21NOS. The second-order valence-electron chi connectivity index (χ2n) is 4.07. The van der Waals surface area contributed by atoms with Crippen molar-refractivity contribution < 1.29 is 4.42 Å². The number of nitrogens with one attached hydrogen (secondary N) is 1. The third-order valence-electron chi connectivity index (χ3n) is 2.65. The minimum absolute atomic E-state index is 0.588. The molecule has 15 heavy (non-hydrogen) atoms. The molecule has 0 radical (unpaired) electrons. The lowest BCUT2D eigenvalue weighted by molar-refractivity contribution is 0.526. The fourth-order valence-corrected chi connectivity index (χ4v) is 2.61. The largest absolute Gasteiger partial charge is 0.468 e. The van der Waals surface area contributed by atoms with E-state index in [1.807, 2.05) is 24.9 Å². The molecule has 0 bridgehead atoms. The summed E-state index contributed by atoms with van der Waals surface area (Å²) in [6.07, 6.45) is 2.97. The number of hydrogen-bond acceptors (Lipinski definition) is 3. The fourth-order valence-electron chi connectivity index (χ4n) is 1.45. The molecule has 0 aliphatic carbocycles. The molecule has 0 spiro atoms. The van der Waals surface area contributed by atoms with Crippen molar-refractivity contribution in [2.45, 2.75) is 44.2 Å². The highest BCUT2D eigenvalue weighted by Gasteiger charge is 2.09. The van der Waals surface area contributed by atoms with Crippen molar-refractivity contribution >= 4 is 11.8 Å². The van der Waals surface area contributed by atoms with Gasteiger partial charge in [0.15, 0.2) is 0 Å². The van der Waals surface area contributed by atoms with E-state index in [0.717, 1.165) is 11.5 Å². The average Bonchev–Trinajstić information content (AvgIpc) is 2.61. The van der Waals surface area contributed by atoms with Gasteiger partial charge in [-0.05, 0) is 38.9 Å². The van der Waals surface area contributed by atoms with Crippen LogP contribution in [0.3, 0.4) is 0 Å². The summed E-state index contributed by atoms with van der Waals surface area (Å²) in [4.78, 5) is 0. The first-order chi connectivity index (χ1) is 7.13. The van der Waals surface area contributed by atoms with Crippen LogP contribution in [0.15, 0.2) is 16.7 Å². The van der Waals surface area contributed by atoms with Crippen molar-refractivity contribution in [1.29, 1.82) is 0 Å². The maximum Gasteiger partial charge on any atom is 0.116 e. The number of hydrogen-bond donors (Lipinski definition) is 1. The first-order valence-electron chi connectivity index (χ1n) is 5.45. The summed E-state index contributed by atoms with van der Waals surface area (Å²) in [5.41, 5.74) is 1.26. The van der Waals surface area contributed by atoms with Crippen LogP contribution >= 0.6 is 11.8 Å². The summed E-state index contributed by atoms with van der Waals surface area (Å²) in [6, 6.07) is 2.61. The number of thioether (sulfide) groups is 1. The van der Waals surface area contributed by atoms with Gasteiger partial charge in [-0.25, -0.2) is 0 Å². The molecule has 2 atom stereocenters. The summed E-state index contributed by atoms with van der Waals surface area (Å²) < 4.78 is 5.41. The van der Waals surface area contributed by atoms with E-state index in [9.17, 15) is 0 Å². The van der Waals surface area contributed by atoms with Crippen LogP contribution in [0, 0.1) is 6.92 Å². The first-order valence-corrected chi connectivity index (χ1v) is 6.50. The van der Waals surface area contributed by atoms with Gasteiger partial charge in [0.1, 0.15) is 5.76 Å². The molecule has 2 unspecified atom stereocenters. The summed E-state index contributed by atoms with van der Waals surface area (Å²) >= 11 is 1.96. The van der Waals surface area contributed by atoms with Gasteiger partial charge in [-0.2, -0.15) is 11.8 Å². The molecule has 2 nitrogen and oxygen atoms in total. The van der Waals surface area contributed by atoms with Crippen molar-refractivity contribution in [2.75, 3.05) is 7.05 Å². The molecule has 0 aliphatic rings. The molecule has 1 heterocycles. The Bertz CT molecular complexity index is 285. The average molecular weight is 227 g/mol. The lowest BCUT2D eigenvalue weighted by Crippen LogP contribution is -2.24. The first kappa shape index (κ1) is 12.7. The molecule has 1 aromatic heterocycles. The Kier molecular flexibility index (Phi) is 5.26. The van der Waals surface area contributed by atoms with Crippen LogP contribution in [0.4, 0.5) is 0 Å². The third kappa shape index (κ3) is 4.31. The number of rotatable bonds is 6. The monoisotopic (exact) mass is 227 g/mol. The summed E-state index contributed by atoms with van der Waals surface area (Å²) in [7, 11) is 2.01. The zero-order valence-corrected chi connectivity index (χ0v) is 10.9. The molecule has 0 saturated heterocycles. The molecule has 0 fully saturated rings. The van der Waals surface area contributed by atoms with E-state index < -0.39 is 0 Å². The van der Waals surface area contributed by atoms with Crippen molar-refractivity contribution in [1.82, 2.24) is 5.32 Å². The Morgan fingerprint density at radius 3 is 2.73 bits per heavy atom. The van der Waals surface area contributed by atoms with Gasteiger partial charge in [-0.15, -0.1) is 0 Å². The van der Waals surface area contributed by atoms with E-state index in [0.29, 0.717) is 11.3 Å². The van der Waals surface area contributed by atoms with E-state index in [2.05, 4.69) is 26.1 Å². The van der Waals surface area contributed by atoms with Crippen LogP contribution in [0.25, 0.3) is 0 Å². The van der Waals surface area contributed by atoms with Crippen LogP contribution in [-0.4, -0.2) is 18.3 Å². The SMILES string of the molecule is CNC(C)CC(C)SCc1occc1C. The summed E-state index contributed by atoms with van der Waals surface area (Å²) in [6.45, 7) is 6.59. The highest BCUT2D eigenvalue weighted by Crippen LogP contribution is 2.23. The quantitative estimate of drug-likeness (QED) is 0.808. The van der Waals surface area contributed by atoms with Crippen LogP contribution in [0.1, 0.15) is 31.6 Å². The lowest BCUT2D eigenvalue weighted by Gasteiger charge is -2.15. The van der Waals surface area contributed by atoms with Gasteiger partial charge in [-0.1, -0.05) is 6.92 Å². The lowest BCUT2D eigenvalue weighted by atomic mass is 10.2. The molecular weight excluding hydrogens is 206 g/mol. The Hall–Kier alpha value is -0.410. The van der Waals surface area contributed by atoms with Gasteiger partial charge in [-0.3, -0.25) is 0 Å². The fraction of sp³-hybridized carbons (Fsp3) is 0.667. The van der Waals surface area contributed by atoms with Crippen LogP contribution in [0.5, 0.6) is 0 Å². The van der Waals surface area contributed by atoms with Crippen molar-refractivity contribution in [3.05, 3.63) is 23.7 Å². The van der Waals surface area contributed by atoms with Gasteiger partial charge >= 0.3 is 0 Å². The van der Waals surface area contributed by atoms with E-state index in [4.69, 9.17) is 4.42 Å². The molecule has 1 rings (SSSR count). The van der Waals surface area contributed by atoms with Crippen molar-refractivity contribution in [3.63, 3.8) is 0 Å². The standard InChI is InChI=1S/C12H21NOS/c1-9-5-6-14-12(9)8-15-11(3)7-10(2)13-4/h5-6,10-11,13H,7-8H2,1-4H3. The van der Waals surface area contributed by atoms with Crippen LogP contribution in [0.2, 0.25) is 0 Å². The third-order valence-corrected chi connectivity index (χ3v) is 3.84. The van der Waals surface area contributed by atoms with Crippen molar-refractivity contribution in [2.24, 2.45) is 0 Å². The van der Waals surface area contributed by atoms with Gasteiger partial charge in [0.2, 0.25) is 0 Å². The van der Waals surface area contributed by atoms with Gasteiger partial charge < -0.3 is 9.73 Å². The number of aryl methyl sites for hydroxylation is 1. The van der Waals surface area contributed by atoms with E-state index in [1.165, 1.54) is 12.0 Å².